The van der Waals surface area contributed by atoms with Crippen molar-refractivity contribution >= 4 is 23.1 Å². The number of anilines is 1. The van der Waals surface area contributed by atoms with Crippen molar-refractivity contribution in [3.63, 3.8) is 0 Å². The summed E-state index contributed by atoms with van der Waals surface area (Å²) in [5.41, 5.74) is 1.71. The van der Waals surface area contributed by atoms with Crippen molar-refractivity contribution in [1.82, 2.24) is 4.37 Å². The van der Waals surface area contributed by atoms with Gasteiger partial charge in [-0.15, -0.1) is 0 Å². The molecule has 5 nitrogen and oxygen atoms in total. The Morgan fingerprint density at radius 2 is 2.30 bits per heavy atom. The highest BCUT2D eigenvalue weighted by Gasteiger charge is 2.11. The first-order valence-electron chi connectivity index (χ1n) is 6.12. The number of hydrogen-bond donors (Lipinski definition) is 2. The van der Waals surface area contributed by atoms with E-state index in [0.29, 0.717) is 16.9 Å². The molecule has 0 aliphatic carbocycles. The van der Waals surface area contributed by atoms with E-state index in [1.165, 1.54) is 18.6 Å². The van der Waals surface area contributed by atoms with Crippen LogP contribution in [0.2, 0.25) is 0 Å². The molecule has 2 aromatic rings. The number of nitrogens with zero attached hydrogens (tertiary/aromatic N) is 1. The molecule has 0 spiro atoms. The predicted octanol–water partition coefficient (Wildman–Crippen LogP) is 2.38. The zero-order valence-electron chi connectivity index (χ0n) is 11.3. The van der Waals surface area contributed by atoms with Gasteiger partial charge in [-0.1, -0.05) is 12.1 Å². The summed E-state index contributed by atoms with van der Waals surface area (Å²) in [6.45, 7) is 2.11. The standard InChI is InChI=1S/C14H16N2O3S/c1-9-6-12(16-20-9)14(18)15-11-5-3-4-10(7-11)13(17)8-19-2/h3-7,13,17H,8H2,1-2H3,(H,15,18)/t13-/m0/s1. The van der Waals surface area contributed by atoms with E-state index in [2.05, 4.69) is 9.69 Å². The maximum Gasteiger partial charge on any atom is 0.275 e. The van der Waals surface area contributed by atoms with E-state index in [0.717, 1.165) is 4.88 Å². The molecule has 1 heterocycles. The van der Waals surface area contributed by atoms with Crippen molar-refractivity contribution in [2.75, 3.05) is 19.0 Å². The normalized spacial score (nSPS) is 12.2. The van der Waals surface area contributed by atoms with Gasteiger partial charge in [0.1, 0.15) is 11.8 Å². The fraction of sp³-hybridized carbons (Fsp3) is 0.286. The predicted molar refractivity (Wildman–Crippen MR) is 78.1 cm³/mol. The summed E-state index contributed by atoms with van der Waals surface area (Å²) in [5, 5.41) is 12.6. The molecule has 6 heteroatoms. The fourth-order valence-corrected chi connectivity index (χ4v) is 2.29. The van der Waals surface area contributed by atoms with Crippen LogP contribution >= 0.6 is 11.5 Å². The van der Waals surface area contributed by atoms with Gasteiger partial charge in [0, 0.05) is 17.7 Å². The van der Waals surface area contributed by atoms with Crippen LogP contribution in [-0.2, 0) is 4.74 Å². The highest BCUT2D eigenvalue weighted by Crippen LogP contribution is 2.19. The van der Waals surface area contributed by atoms with E-state index >= 15 is 0 Å². The van der Waals surface area contributed by atoms with Crippen molar-refractivity contribution in [2.24, 2.45) is 0 Å². The minimum atomic E-state index is -0.710. The molecule has 0 bridgehead atoms. The van der Waals surface area contributed by atoms with Crippen molar-refractivity contribution in [1.29, 1.82) is 0 Å². The number of rotatable bonds is 5. The SMILES string of the molecule is COC[C@H](O)c1cccc(NC(=O)c2cc(C)sn2)c1. The average molecular weight is 292 g/mol. The van der Waals surface area contributed by atoms with Gasteiger partial charge in [-0.3, -0.25) is 4.79 Å². The van der Waals surface area contributed by atoms with Crippen molar-refractivity contribution in [3.05, 3.63) is 46.5 Å². The minimum absolute atomic E-state index is 0.211. The summed E-state index contributed by atoms with van der Waals surface area (Å²) >= 11 is 1.29. The minimum Gasteiger partial charge on any atom is -0.386 e. The Kier molecular flexibility index (Phi) is 4.84. The summed E-state index contributed by atoms with van der Waals surface area (Å²) in [6, 6.07) is 8.78. The number of hydrogen-bond acceptors (Lipinski definition) is 5. The Morgan fingerprint density at radius 3 is 2.95 bits per heavy atom. The van der Waals surface area contributed by atoms with E-state index in [9.17, 15) is 9.90 Å². The zero-order chi connectivity index (χ0) is 14.5. The molecule has 106 valence electrons. The van der Waals surface area contributed by atoms with E-state index in [1.807, 2.05) is 6.92 Å². The first-order chi connectivity index (χ1) is 9.60. The van der Waals surface area contributed by atoms with Gasteiger partial charge >= 0.3 is 0 Å². The van der Waals surface area contributed by atoms with Crippen LogP contribution in [-0.4, -0.2) is 29.1 Å². The Labute approximate surface area is 121 Å². The van der Waals surface area contributed by atoms with Crippen LogP contribution < -0.4 is 5.32 Å². The molecule has 0 unspecified atom stereocenters. The number of carbonyl (C=O) groups excluding carboxylic acids is 1. The lowest BCUT2D eigenvalue weighted by Gasteiger charge is -2.11. The number of amides is 1. The molecule has 20 heavy (non-hydrogen) atoms. The van der Waals surface area contributed by atoms with Crippen LogP contribution in [0.4, 0.5) is 5.69 Å². The second-order valence-corrected chi connectivity index (χ2v) is 5.38. The zero-order valence-corrected chi connectivity index (χ0v) is 12.1. The van der Waals surface area contributed by atoms with E-state index < -0.39 is 6.10 Å². The van der Waals surface area contributed by atoms with Gasteiger partial charge in [-0.05, 0) is 42.2 Å². The van der Waals surface area contributed by atoms with Crippen molar-refractivity contribution in [3.8, 4) is 0 Å². The maximum absolute atomic E-state index is 12.0. The lowest BCUT2D eigenvalue weighted by molar-refractivity contribution is 0.0644. The average Bonchev–Trinajstić information content (AvgIpc) is 2.86. The molecule has 0 aliphatic rings. The molecule has 0 aliphatic heterocycles. The number of methoxy groups -OCH3 is 1. The molecule has 0 radical (unpaired) electrons. The van der Waals surface area contributed by atoms with Gasteiger partial charge in [-0.2, -0.15) is 4.37 Å². The largest absolute Gasteiger partial charge is 0.386 e. The van der Waals surface area contributed by atoms with Gasteiger partial charge in [0.25, 0.3) is 5.91 Å². The number of aliphatic hydroxyl groups is 1. The first kappa shape index (κ1) is 14.6. The lowest BCUT2D eigenvalue weighted by Crippen LogP contribution is -2.13. The number of aromatic nitrogens is 1. The van der Waals surface area contributed by atoms with Crippen LogP contribution in [0.1, 0.15) is 27.0 Å². The summed E-state index contributed by atoms with van der Waals surface area (Å²) in [6.07, 6.45) is -0.710. The molecular formula is C14H16N2O3S. The monoisotopic (exact) mass is 292 g/mol. The second-order valence-electron chi connectivity index (χ2n) is 4.37. The number of aliphatic hydroxyl groups excluding tert-OH is 1. The highest BCUT2D eigenvalue weighted by molar-refractivity contribution is 7.05. The molecule has 1 aromatic carbocycles. The third kappa shape index (κ3) is 3.63. The van der Waals surface area contributed by atoms with Crippen molar-refractivity contribution < 1.29 is 14.6 Å². The Morgan fingerprint density at radius 1 is 1.50 bits per heavy atom. The van der Waals surface area contributed by atoms with E-state index in [-0.39, 0.29) is 12.5 Å². The van der Waals surface area contributed by atoms with Gasteiger partial charge in [0.2, 0.25) is 0 Å². The summed E-state index contributed by atoms with van der Waals surface area (Å²) in [5.74, 6) is -0.257. The molecule has 0 saturated heterocycles. The van der Waals surface area contributed by atoms with Gasteiger partial charge in [0.05, 0.1) is 6.61 Å². The third-order valence-corrected chi connectivity index (χ3v) is 3.41. The molecule has 2 rings (SSSR count). The lowest BCUT2D eigenvalue weighted by atomic mass is 10.1. The molecule has 1 atom stereocenters. The fourth-order valence-electron chi connectivity index (χ4n) is 1.75. The van der Waals surface area contributed by atoms with E-state index in [1.54, 1.807) is 30.3 Å². The molecule has 0 saturated carbocycles. The van der Waals surface area contributed by atoms with Gasteiger partial charge in [0.15, 0.2) is 0 Å². The molecule has 0 fully saturated rings. The smallest absolute Gasteiger partial charge is 0.275 e. The summed E-state index contributed by atoms with van der Waals surface area (Å²) < 4.78 is 8.96. The number of aryl methyl sites for hydroxylation is 1. The molecule has 1 aromatic heterocycles. The number of nitrogens with one attached hydrogen (secondary N) is 1. The first-order valence-corrected chi connectivity index (χ1v) is 6.89. The number of ether oxygens (including phenoxy) is 1. The quantitative estimate of drug-likeness (QED) is 0.887. The van der Waals surface area contributed by atoms with Crippen molar-refractivity contribution in [2.45, 2.75) is 13.0 Å². The van der Waals surface area contributed by atoms with Gasteiger partial charge in [-0.25, -0.2) is 0 Å². The van der Waals surface area contributed by atoms with E-state index in [4.69, 9.17) is 4.74 Å². The Hall–Kier alpha value is -1.76. The second kappa shape index (κ2) is 6.60. The van der Waals surface area contributed by atoms with Crippen LogP contribution in [0.15, 0.2) is 30.3 Å². The van der Waals surface area contributed by atoms with Gasteiger partial charge < -0.3 is 15.2 Å². The van der Waals surface area contributed by atoms with Crippen LogP contribution in [0.5, 0.6) is 0 Å². The summed E-state index contributed by atoms with van der Waals surface area (Å²) in [4.78, 5) is 13.0. The molecule has 2 N–H and O–H groups in total. The topological polar surface area (TPSA) is 71.5 Å². The highest BCUT2D eigenvalue weighted by atomic mass is 32.1. The Bertz CT molecular complexity index is 598. The number of carbonyl (C=O) groups is 1. The molecular weight excluding hydrogens is 276 g/mol. The Balaban J connectivity index is 2.09. The van der Waals surface area contributed by atoms with Crippen LogP contribution in [0.25, 0.3) is 0 Å². The van der Waals surface area contributed by atoms with Crippen LogP contribution in [0.3, 0.4) is 0 Å². The maximum atomic E-state index is 12.0. The number of benzene rings is 1. The van der Waals surface area contributed by atoms with Crippen LogP contribution in [0, 0.1) is 6.92 Å². The third-order valence-electron chi connectivity index (χ3n) is 2.71. The summed E-state index contributed by atoms with van der Waals surface area (Å²) in [7, 11) is 1.53. The molecule has 1 amide bonds.